The summed E-state index contributed by atoms with van der Waals surface area (Å²) in [6, 6.07) is 5.49. The standard InChI is InChI=1S/C11H10FNO3/c1-7(14)11(13(15)16)6-10(11)8-2-4-9(12)5-3-8/h2-5,10H,6H2,1H3/t10?,11-/m1/s1. The second-order valence-corrected chi connectivity index (χ2v) is 4.05. The predicted octanol–water partition coefficient (Wildman–Crippen LogP) is 1.92. The molecule has 0 radical (unpaired) electrons. The van der Waals surface area contributed by atoms with Crippen molar-refractivity contribution in [2.24, 2.45) is 0 Å². The molecule has 1 saturated carbocycles. The highest BCUT2D eigenvalue weighted by atomic mass is 19.1. The van der Waals surface area contributed by atoms with E-state index < -0.39 is 22.2 Å². The number of nitrogens with zero attached hydrogens (tertiary/aromatic N) is 1. The van der Waals surface area contributed by atoms with Gasteiger partial charge in [0.1, 0.15) is 5.82 Å². The summed E-state index contributed by atoms with van der Waals surface area (Å²) in [5.74, 6) is -1.24. The number of hydrogen-bond donors (Lipinski definition) is 0. The van der Waals surface area contributed by atoms with Crippen LogP contribution in [0.25, 0.3) is 0 Å². The number of Topliss-reactive ketones (excluding diaryl/α,β-unsaturated/α-hetero) is 1. The van der Waals surface area contributed by atoms with Gasteiger partial charge in [-0.15, -0.1) is 0 Å². The molecule has 0 aliphatic heterocycles. The van der Waals surface area contributed by atoms with E-state index in [0.717, 1.165) is 0 Å². The summed E-state index contributed by atoms with van der Waals surface area (Å²) in [6.45, 7) is 1.23. The molecule has 0 spiro atoms. The molecule has 0 aromatic heterocycles. The van der Waals surface area contributed by atoms with Crippen molar-refractivity contribution in [1.29, 1.82) is 0 Å². The lowest BCUT2D eigenvalue weighted by atomic mass is 10.0. The molecule has 84 valence electrons. The third-order valence-electron chi connectivity index (χ3n) is 3.14. The van der Waals surface area contributed by atoms with Crippen molar-refractivity contribution in [3.8, 4) is 0 Å². The lowest BCUT2D eigenvalue weighted by Gasteiger charge is -2.05. The fourth-order valence-electron chi connectivity index (χ4n) is 2.06. The highest BCUT2D eigenvalue weighted by molar-refractivity contribution is 5.89. The number of carbonyl (C=O) groups excluding carboxylic acids is 1. The molecule has 2 atom stereocenters. The Hall–Kier alpha value is -1.78. The largest absolute Gasteiger partial charge is 0.292 e. The van der Waals surface area contributed by atoms with Crippen LogP contribution < -0.4 is 0 Å². The first-order valence-electron chi connectivity index (χ1n) is 4.89. The number of benzene rings is 1. The summed E-state index contributed by atoms with van der Waals surface area (Å²) in [7, 11) is 0. The maximum absolute atomic E-state index is 12.7. The van der Waals surface area contributed by atoms with E-state index in [9.17, 15) is 19.3 Å². The predicted molar refractivity (Wildman–Crippen MR) is 54.2 cm³/mol. The molecule has 0 heterocycles. The number of carbonyl (C=O) groups is 1. The molecule has 2 rings (SSSR count). The molecule has 16 heavy (non-hydrogen) atoms. The van der Waals surface area contributed by atoms with Crippen molar-refractivity contribution in [2.75, 3.05) is 0 Å². The summed E-state index contributed by atoms with van der Waals surface area (Å²) in [6.07, 6.45) is 0.209. The van der Waals surface area contributed by atoms with Gasteiger partial charge in [0, 0.05) is 18.3 Å². The SMILES string of the molecule is CC(=O)[C@]1([N+](=O)[O-])CC1c1ccc(F)cc1. The Bertz CT molecular complexity index is 441. The number of hydrogen-bond acceptors (Lipinski definition) is 3. The van der Waals surface area contributed by atoms with Crippen molar-refractivity contribution in [3.63, 3.8) is 0 Å². The minimum Gasteiger partial charge on any atom is -0.292 e. The van der Waals surface area contributed by atoms with E-state index in [4.69, 9.17) is 0 Å². The average Bonchev–Trinajstić information content (AvgIpc) is 2.95. The Morgan fingerprint density at radius 1 is 1.50 bits per heavy atom. The minimum absolute atomic E-state index is 0.209. The monoisotopic (exact) mass is 223 g/mol. The van der Waals surface area contributed by atoms with Gasteiger partial charge in [-0.25, -0.2) is 4.39 Å². The van der Waals surface area contributed by atoms with Gasteiger partial charge in [0.05, 0.1) is 5.92 Å². The highest BCUT2D eigenvalue weighted by Gasteiger charge is 2.70. The van der Waals surface area contributed by atoms with E-state index in [0.29, 0.717) is 5.56 Å². The summed E-state index contributed by atoms with van der Waals surface area (Å²) in [5, 5.41) is 10.9. The number of nitro groups is 1. The second-order valence-electron chi connectivity index (χ2n) is 4.05. The molecule has 1 fully saturated rings. The van der Waals surface area contributed by atoms with Crippen LogP contribution in [0.15, 0.2) is 24.3 Å². The van der Waals surface area contributed by atoms with Crippen LogP contribution in [0.4, 0.5) is 4.39 Å². The molecule has 1 unspecified atom stereocenters. The van der Waals surface area contributed by atoms with Gasteiger partial charge in [-0.3, -0.25) is 14.9 Å². The molecule has 0 bridgehead atoms. The Balaban J connectivity index is 2.30. The smallest absolute Gasteiger partial charge is 0.286 e. The molecular formula is C11H10FNO3. The van der Waals surface area contributed by atoms with Crippen LogP contribution in [0.1, 0.15) is 24.8 Å². The molecular weight excluding hydrogens is 213 g/mol. The Labute approximate surface area is 91.2 Å². The third kappa shape index (κ3) is 1.39. The molecule has 5 heteroatoms. The molecule has 1 aliphatic rings. The molecule has 1 aliphatic carbocycles. The van der Waals surface area contributed by atoms with Gasteiger partial charge in [0.25, 0.3) is 5.54 Å². The van der Waals surface area contributed by atoms with Gasteiger partial charge < -0.3 is 0 Å². The van der Waals surface area contributed by atoms with E-state index in [2.05, 4.69) is 0 Å². The fourth-order valence-corrected chi connectivity index (χ4v) is 2.06. The highest BCUT2D eigenvalue weighted by Crippen LogP contribution is 2.54. The first kappa shape index (κ1) is 10.7. The quantitative estimate of drug-likeness (QED) is 0.581. The second kappa shape index (κ2) is 3.37. The molecule has 1 aromatic carbocycles. The van der Waals surface area contributed by atoms with E-state index in [1.54, 1.807) is 0 Å². The maximum Gasteiger partial charge on any atom is 0.286 e. The zero-order valence-electron chi connectivity index (χ0n) is 8.64. The Kier molecular flexibility index (Phi) is 2.26. The average molecular weight is 223 g/mol. The Morgan fingerprint density at radius 2 is 2.06 bits per heavy atom. The van der Waals surface area contributed by atoms with E-state index >= 15 is 0 Å². The summed E-state index contributed by atoms with van der Waals surface area (Å²) >= 11 is 0. The topological polar surface area (TPSA) is 60.2 Å². The number of ketones is 1. The summed E-state index contributed by atoms with van der Waals surface area (Å²) < 4.78 is 12.7. The van der Waals surface area contributed by atoms with Crippen LogP contribution in [-0.4, -0.2) is 16.2 Å². The number of rotatable bonds is 3. The third-order valence-corrected chi connectivity index (χ3v) is 3.14. The van der Waals surface area contributed by atoms with E-state index in [1.165, 1.54) is 31.2 Å². The zero-order valence-corrected chi connectivity index (χ0v) is 8.64. The van der Waals surface area contributed by atoms with Crippen LogP contribution >= 0.6 is 0 Å². The zero-order chi connectivity index (χ0) is 11.9. The van der Waals surface area contributed by atoms with Gasteiger partial charge in [-0.1, -0.05) is 12.1 Å². The molecule has 0 N–H and O–H groups in total. The van der Waals surface area contributed by atoms with Gasteiger partial charge in [0.15, 0.2) is 0 Å². The van der Waals surface area contributed by atoms with Crippen LogP contribution in [0.3, 0.4) is 0 Å². The van der Waals surface area contributed by atoms with Gasteiger partial charge in [-0.2, -0.15) is 0 Å². The van der Waals surface area contributed by atoms with Crippen molar-refractivity contribution >= 4 is 5.78 Å². The maximum atomic E-state index is 12.7. The first-order valence-corrected chi connectivity index (χ1v) is 4.89. The summed E-state index contributed by atoms with van der Waals surface area (Å²) in [4.78, 5) is 21.7. The first-order chi connectivity index (χ1) is 7.48. The van der Waals surface area contributed by atoms with E-state index in [-0.39, 0.29) is 12.2 Å². The lowest BCUT2D eigenvalue weighted by molar-refractivity contribution is -0.523. The molecule has 0 saturated heterocycles. The van der Waals surface area contributed by atoms with Gasteiger partial charge >= 0.3 is 0 Å². The van der Waals surface area contributed by atoms with Gasteiger partial charge in [-0.05, 0) is 17.7 Å². The van der Waals surface area contributed by atoms with Crippen LogP contribution in [0, 0.1) is 15.9 Å². The van der Waals surface area contributed by atoms with Gasteiger partial charge in [0.2, 0.25) is 5.78 Å². The normalized spacial score (nSPS) is 27.5. The van der Waals surface area contributed by atoms with Crippen LogP contribution in [-0.2, 0) is 4.79 Å². The molecule has 4 nitrogen and oxygen atoms in total. The lowest BCUT2D eigenvalue weighted by Crippen LogP contribution is -2.31. The fraction of sp³-hybridized carbons (Fsp3) is 0.364. The summed E-state index contributed by atoms with van der Waals surface area (Å²) in [5.41, 5.74) is -0.828. The van der Waals surface area contributed by atoms with Crippen molar-refractivity contribution in [1.82, 2.24) is 0 Å². The molecule has 0 amide bonds. The van der Waals surface area contributed by atoms with Crippen molar-refractivity contribution < 1.29 is 14.1 Å². The minimum atomic E-state index is -1.47. The molecule has 1 aromatic rings. The van der Waals surface area contributed by atoms with E-state index in [1.807, 2.05) is 0 Å². The van der Waals surface area contributed by atoms with Crippen molar-refractivity contribution in [3.05, 3.63) is 45.8 Å². The van der Waals surface area contributed by atoms with Crippen molar-refractivity contribution in [2.45, 2.75) is 24.8 Å². The number of halogens is 1. The van der Waals surface area contributed by atoms with Crippen LogP contribution in [0.5, 0.6) is 0 Å². The van der Waals surface area contributed by atoms with Crippen LogP contribution in [0.2, 0.25) is 0 Å². The Morgan fingerprint density at radius 3 is 2.44 bits per heavy atom.